The molecule has 0 fully saturated rings. The van der Waals surface area contributed by atoms with E-state index in [9.17, 15) is 19.7 Å². The Morgan fingerprint density at radius 1 is 0.829 bits per heavy atom. The number of hydrogen-bond donors (Lipinski definition) is 0. The van der Waals surface area contributed by atoms with Gasteiger partial charge in [-0.3, -0.25) is 10.1 Å². The van der Waals surface area contributed by atoms with Gasteiger partial charge in [-0.1, -0.05) is 110 Å². The zero-order valence-corrected chi connectivity index (χ0v) is 25.0. The summed E-state index contributed by atoms with van der Waals surface area (Å²) in [4.78, 5) is 36.7. The number of hydrogen-bond acceptors (Lipinski definition) is 7. The van der Waals surface area contributed by atoms with E-state index in [2.05, 4.69) is 6.92 Å². The molecule has 0 amide bonds. The number of nitrogens with zero attached hydrogens (tertiary/aromatic N) is 1. The molecule has 0 radical (unpaired) electrons. The van der Waals surface area contributed by atoms with Crippen LogP contribution in [0.1, 0.15) is 125 Å². The van der Waals surface area contributed by atoms with Gasteiger partial charge in [-0.2, -0.15) is 0 Å². The van der Waals surface area contributed by atoms with Crippen LogP contribution in [-0.4, -0.2) is 29.7 Å². The third kappa shape index (κ3) is 13.2. The lowest BCUT2D eigenvalue weighted by Gasteiger charge is -2.14. The van der Waals surface area contributed by atoms with Crippen molar-refractivity contribution in [2.75, 3.05) is 6.61 Å². The van der Waals surface area contributed by atoms with E-state index >= 15 is 0 Å². The van der Waals surface area contributed by atoms with Crippen LogP contribution in [0.15, 0.2) is 48.5 Å². The maximum absolute atomic E-state index is 12.9. The summed E-state index contributed by atoms with van der Waals surface area (Å²) in [6, 6.07) is 12.5. The van der Waals surface area contributed by atoms with Gasteiger partial charge < -0.3 is 14.2 Å². The summed E-state index contributed by atoms with van der Waals surface area (Å²) in [6.07, 6.45) is 12.8. The van der Waals surface area contributed by atoms with Crippen LogP contribution < -0.4 is 9.47 Å². The van der Waals surface area contributed by atoms with Gasteiger partial charge >= 0.3 is 18.2 Å². The van der Waals surface area contributed by atoms with E-state index in [1.54, 1.807) is 24.3 Å². The summed E-state index contributed by atoms with van der Waals surface area (Å²) in [5, 5.41) is 11.6. The van der Waals surface area contributed by atoms with Gasteiger partial charge in [0, 0.05) is 0 Å². The molecule has 0 bridgehead atoms. The summed E-state index contributed by atoms with van der Waals surface area (Å²) in [7, 11) is 0. The zero-order valence-electron chi connectivity index (χ0n) is 25.0. The van der Waals surface area contributed by atoms with Crippen molar-refractivity contribution in [2.45, 2.75) is 110 Å². The normalized spacial score (nSPS) is 12.4. The standard InChI is InChI=1S/C33H47NO7/c1-4-6-7-8-9-10-11-12-13-14-15-23-31(34(37)38)40-28-20-18-19-27(24-28)32(35)41-30-22-17-16-21-29(30)33(36)39-25-26(3)5-2/h16-22,24,26,31H,4-15,23,25H2,1-3H3/t26-,31?/m0/s1. The van der Waals surface area contributed by atoms with E-state index in [0.717, 1.165) is 25.7 Å². The van der Waals surface area contributed by atoms with E-state index in [4.69, 9.17) is 14.2 Å². The van der Waals surface area contributed by atoms with E-state index in [1.165, 1.54) is 69.2 Å². The van der Waals surface area contributed by atoms with Gasteiger partial charge in [0.05, 0.1) is 23.5 Å². The lowest BCUT2D eigenvalue weighted by molar-refractivity contribution is -0.563. The number of carbonyl (C=O) groups is 2. The summed E-state index contributed by atoms with van der Waals surface area (Å²) in [6.45, 7) is 6.49. The molecule has 0 aliphatic rings. The van der Waals surface area contributed by atoms with Crippen LogP contribution >= 0.6 is 0 Å². The SMILES string of the molecule is CCCCCCCCCCCCCC(Oc1cccc(C(=O)Oc2ccccc2C(=O)OC[C@@H](C)CC)c1)[N+](=O)[O-]. The van der Waals surface area contributed by atoms with Crippen molar-refractivity contribution in [3.63, 3.8) is 0 Å². The fourth-order valence-corrected chi connectivity index (χ4v) is 4.34. The van der Waals surface area contributed by atoms with Crippen LogP contribution in [0.25, 0.3) is 0 Å². The second-order valence-electron chi connectivity index (χ2n) is 10.7. The highest BCUT2D eigenvalue weighted by molar-refractivity contribution is 5.96. The highest BCUT2D eigenvalue weighted by atomic mass is 16.7. The predicted molar refractivity (Wildman–Crippen MR) is 160 cm³/mol. The number of esters is 2. The average molecular weight is 570 g/mol. The molecule has 0 N–H and O–H groups in total. The molecule has 0 saturated carbocycles. The van der Waals surface area contributed by atoms with E-state index in [0.29, 0.717) is 12.8 Å². The van der Waals surface area contributed by atoms with Crippen molar-refractivity contribution in [2.24, 2.45) is 5.92 Å². The van der Waals surface area contributed by atoms with Crippen molar-refractivity contribution in [1.29, 1.82) is 0 Å². The largest absolute Gasteiger partial charge is 0.462 e. The van der Waals surface area contributed by atoms with Gasteiger partial charge in [0.2, 0.25) is 0 Å². The minimum atomic E-state index is -1.19. The van der Waals surface area contributed by atoms with Crippen LogP contribution in [0.2, 0.25) is 0 Å². The maximum atomic E-state index is 12.9. The number of ether oxygens (including phenoxy) is 3. The van der Waals surface area contributed by atoms with Gasteiger partial charge in [-0.15, -0.1) is 0 Å². The Morgan fingerprint density at radius 3 is 2.10 bits per heavy atom. The highest BCUT2D eigenvalue weighted by Crippen LogP contribution is 2.23. The van der Waals surface area contributed by atoms with Gasteiger partial charge in [0.15, 0.2) is 0 Å². The first-order valence-corrected chi connectivity index (χ1v) is 15.2. The fourth-order valence-electron chi connectivity index (χ4n) is 4.34. The number of benzene rings is 2. The molecule has 2 rings (SSSR count). The summed E-state index contributed by atoms with van der Waals surface area (Å²) in [5.41, 5.74) is 0.305. The van der Waals surface area contributed by atoms with E-state index < -0.39 is 23.1 Å². The Kier molecular flexibility index (Phi) is 16.2. The topological polar surface area (TPSA) is 105 Å². The summed E-state index contributed by atoms with van der Waals surface area (Å²) >= 11 is 0. The molecule has 0 aliphatic carbocycles. The Balaban J connectivity index is 1.86. The number of unbranched alkanes of at least 4 members (excludes halogenated alkanes) is 10. The van der Waals surface area contributed by atoms with Gasteiger partial charge in [0.1, 0.15) is 17.1 Å². The molecule has 2 atom stereocenters. The first-order valence-electron chi connectivity index (χ1n) is 15.2. The van der Waals surface area contributed by atoms with Crippen LogP contribution in [0.4, 0.5) is 0 Å². The molecule has 0 aliphatic heterocycles. The minimum absolute atomic E-state index is 0.0811. The fraction of sp³-hybridized carbons (Fsp3) is 0.576. The Hall–Kier alpha value is -3.42. The van der Waals surface area contributed by atoms with Crippen LogP contribution in [0.3, 0.4) is 0 Å². The second kappa shape index (κ2) is 19.6. The van der Waals surface area contributed by atoms with Crippen LogP contribution in [-0.2, 0) is 4.74 Å². The van der Waals surface area contributed by atoms with Crippen molar-refractivity contribution in [3.8, 4) is 11.5 Å². The molecule has 2 aromatic rings. The molecule has 0 aromatic heterocycles. The third-order valence-corrected chi connectivity index (χ3v) is 7.14. The molecule has 0 saturated heterocycles. The first kappa shape index (κ1) is 33.8. The molecule has 2 aromatic carbocycles. The lowest BCUT2D eigenvalue weighted by Crippen LogP contribution is -2.26. The molecule has 0 spiro atoms. The Bertz CT molecular complexity index is 1070. The first-order chi connectivity index (χ1) is 19.8. The van der Waals surface area contributed by atoms with Crippen molar-refractivity contribution in [3.05, 3.63) is 69.8 Å². The molecule has 0 heterocycles. The van der Waals surface area contributed by atoms with Crippen molar-refractivity contribution < 1.29 is 28.7 Å². The number of carbonyl (C=O) groups excluding carboxylic acids is 2. The monoisotopic (exact) mass is 569 g/mol. The molecule has 8 heteroatoms. The molecule has 41 heavy (non-hydrogen) atoms. The minimum Gasteiger partial charge on any atom is -0.462 e. The van der Waals surface area contributed by atoms with Gasteiger partial charge in [-0.05, 0) is 42.7 Å². The quantitative estimate of drug-likeness (QED) is 0.0369. The molecular formula is C33H47NO7. The number of para-hydroxylation sites is 1. The van der Waals surface area contributed by atoms with Crippen molar-refractivity contribution >= 4 is 11.9 Å². The Morgan fingerprint density at radius 2 is 1.46 bits per heavy atom. The number of rotatable bonds is 21. The summed E-state index contributed by atoms with van der Waals surface area (Å²) in [5.74, 6) is -0.764. The summed E-state index contributed by atoms with van der Waals surface area (Å²) < 4.78 is 16.5. The second-order valence-corrected chi connectivity index (χ2v) is 10.7. The average Bonchev–Trinajstić information content (AvgIpc) is 2.98. The smallest absolute Gasteiger partial charge is 0.353 e. The van der Waals surface area contributed by atoms with E-state index in [-0.39, 0.29) is 35.2 Å². The predicted octanol–water partition coefficient (Wildman–Crippen LogP) is 8.79. The van der Waals surface area contributed by atoms with E-state index in [1.807, 2.05) is 13.8 Å². The third-order valence-electron chi connectivity index (χ3n) is 7.14. The van der Waals surface area contributed by atoms with Gasteiger partial charge in [-0.25, -0.2) is 9.59 Å². The highest BCUT2D eigenvalue weighted by Gasteiger charge is 2.23. The Labute approximate surface area is 244 Å². The van der Waals surface area contributed by atoms with Crippen molar-refractivity contribution in [1.82, 2.24) is 0 Å². The molecule has 8 nitrogen and oxygen atoms in total. The van der Waals surface area contributed by atoms with Gasteiger partial charge in [0.25, 0.3) is 0 Å². The molecule has 226 valence electrons. The van der Waals surface area contributed by atoms with Crippen LogP contribution in [0.5, 0.6) is 11.5 Å². The van der Waals surface area contributed by atoms with Crippen LogP contribution in [0, 0.1) is 16.0 Å². The number of nitro groups is 1. The maximum Gasteiger partial charge on any atom is 0.353 e. The zero-order chi connectivity index (χ0) is 29.9. The lowest BCUT2D eigenvalue weighted by atomic mass is 10.1. The molecular weight excluding hydrogens is 522 g/mol. The molecule has 1 unspecified atom stereocenters.